The Kier molecular flexibility index (Phi) is 4.20. The molecule has 1 saturated heterocycles. The second-order valence-electron chi connectivity index (χ2n) is 5.64. The van der Waals surface area contributed by atoms with Crippen molar-refractivity contribution in [1.82, 2.24) is 14.7 Å². The second-order valence-corrected chi connectivity index (χ2v) is 5.64. The highest BCUT2D eigenvalue weighted by atomic mass is 19.1. The maximum atomic E-state index is 12.9. The molecule has 0 unspecified atom stereocenters. The lowest BCUT2D eigenvalue weighted by molar-refractivity contribution is 0.214. The molecule has 2 aliphatic heterocycles. The summed E-state index contributed by atoms with van der Waals surface area (Å²) in [6, 6.07) is 6.65. The molecule has 112 valence electrons. The Bertz CT molecular complexity index is 530. The molecule has 5 heteroatoms. The predicted octanol–water partition coefficient (Wildman–Crippen LogP) is 1.76. The van der Waals surface area contributed by atoms with Crippen LogP contribution in [0.5, 0.6) is 0 Å². The maximum Gasteiger partial charge on any atom is 0.127 e. The van der Waals surface area contributed by atoms with Gasteiger partial charge in [0.1, 0.15) is 18.3 Å². The number of aliphatic imine (C=N–C) groups is 1. The molecular formula is C16H21FN4. The van der Waals surface area contributed by atoms with E-state index in [9.17, 15) is 4.39 Å². The van der Waals surface area contributed by atoms with Crippen LogP contribution in [-0.4, -0.2) is 60.4 Å². The topological polar surface area (TPSA) is 22.1 Å². The largest absolute Gasteiger partial charge is 0.354 e. The number of likely N-dealkylation sites (N-methyl/N-ethyl adjacent to an activating group) is 1. The van der Waals surface area contributed by atoms with Crippen molar-refractivity contribution in [2.24, 2.45) is 4.99 Å². The number of hydrogen-bond acceptors (Lipinski definition) is 4. The molecule has 0 aliphatic carbocycles. The third-order valence-electron chi connectivity index (χ3n) is 3.97. The molecule has 2 aliphatic rings. The van der Waals surface area contributed by atoms with E-state index in [0.29, 0.717) is 6.67 Å². The molecule has 1 fully saturated rings. The minimum absolute atomic E-state index is 0.191. The second kappa shape index (κ2) is 6.26. The highest BCUT2D eigenvalue weighted by molar-refractivity contribution is 5.93. The predicted molar refractivity (Wildman–Crippen MR) is 82.5 cm³/mol. The fourth-order valence-electron chi connectivity index (χ4n) is 2.60. The van der Waals surface area contributed by atoms with E-state index in [1.165, 1.54) is 12.1 Å². The number of benzene rings is 1. The van der Waals surface area contributed by atoms with Crippen LogP contribution in [0.15, 0.2) is 41.5 Å². The lowest BCUT2D eigenvalue weighted by Gasteiger charge is -2.35. The summed E-state index contributed by atoms with van der Waals surface area (Å²) in [4.78, 5) is 11.5. The first-order valence-electron chi connectivity index (χ1n) is 7.35. The molecule has 1 aromatic rings. The van der Waals surface area contributed by atoms with Crippen molar-refractivity contribution in [3.63, 3.8) is 0 Å². The average Bonchev–Trinajstić information content (AvgIpc) is 2.51. The van der Waals surface area contributed by atoms with Crippen LogP contribution in [0.4, 0.5) is 4.39 Å². The van der Waals surface area contributed by atoms with Crippen LogP contribution in [0.2, 0.25) is 0 Å². The highest BCUT2D eigenvalue weighted by Gasteiger charge is 2.17. The first-order chi connectivity index (χ1) is 10.2. The minimum Gasteiger partial charge on any atom is -0.354 e. The fourth-order valence-corrected chi connectivity index (χ4v) is 2.60. The van der Waals surface area contributed by atoms with Gasteiger partial charge in [0, 0.05) is 38.9 Å². The van der Waals surface area contributed by atoms with E-state index in [4.69, 9.17) is 0 Å². The molecule has 4 nitrogen and oxygen atoms in total. The van der Waals surface area contributed by atoms with Gasteiger partial charge in [0.05, 0.1) is 0 Å². The van der Waals surface area contributed by atoms with Crippen molar-refractivity contribution < 1.29 is 4.39 Å². The van der Waals surface area contributed by atoms with Gasteiger partial charge in [-0.15, -0.1) is 0 Å². The third-order valence-corrected chi connectivity index (χ3v) is 3.97. The Morgan fingerprint density at radius 3 is 2.43 bits per heavy atom. The van der Waals surface area contributed by atoms with Crippen LogP contribution < -0.4 is 0 Å². The Hall–Kier alpha value is -1.88. The molecule has 0 bridgehead atoms. The van der Waals surface area contributed by atoms with Gasteiger partial charge in [-0.2, -0.15) is 0 Å². The SMILES string of the molecule is CN1CCN(C2=NCN(Cc3ccc(F)cc3)C=C2)CC1. The Morgan fingerprint density at radius 1 is 1.10 bits per heavy atom. The maximum absolute atomic E-state index is 12.9. The summed E-state index contributed by atoms with van der Waals surface area (Å²) in [5, 5.41) is 0. The van der Waals surface area contributed by atoms with Crippen LogP contribution in [0, 0.1) is 5.82 Å². The van der Waals surface area contributed by atoms with Crippen LogP contribution in [-0.2, 0) is 6.54 Å². The molecule has 2 heterocycles. The Balaban J connectivity index is 1.54. The zero-order chi connectivity index (χ0) is 14.7. The Labute approximate surface area is 125 Å². The molecule has 0 saturated carbocycles. The lowest BCUT2D eigenvalue weighted by atomic mass is 10.2. The normalized spacial score (nSPS) is 19.8. The number of piperazine rings is 1. The molecule has 3 rings (SSSR count). The van der Waals surface area contributed by atoms with Crippen molar-refractivity contribution in [2.75, 3.05) is 39.9 Å². The lowest BCUT2D eigenvalue weighted by Crippen LogP contribution is -2.47. The monoisotopic (exact) mass is 288 g/mol. The molecule has 0 amide bonds. The zero-order valence-electron chi connectivity index (χ0n) is 12.4. The van der Waals surface area contributed by atoms with Crippen LogP contribution in [0.1, 0.15) is 5.56 Å². The van der Waals surface area contributed by atoms with Gasteiger partial charge in [-0.3, -0.25) is 0 Å². The van der Waals surface area contributed by atoms with Crippen LogP contribution in [0.3, 0.4) is 0 Å². The molecule has 1 aromatic carbocycles. The minimum atomic E-state index is -0.191. The van der Waals surface area contributed by atoms with Gasteiger partial charge in [-0.25, -0.2) is 9.38 Å². The summed E-state index contributed by atoms with van der Waals surface area (Å²) in [6.45, 7) is 5.68. The summed E-state index contributed by atoms with van der Waals surface area (Å²) >= 11 is 0. The molecule has 0 N–H and O–H groups in total. The van der Waals surface area contributed by atoms with E-state index < -0.39 is 0 Å². The molecule has 0 radical (unpaired) electrons. The molecule has 0 spiro atoms. The standard InChI is InChI=1S/C16H21FN4/c1-19-8-10-21(11-9-19)16-6-7-20(13-18-16)12-14-2-4-15(17)5-3-14/h2-7H,8-13H2,1H3. The van der Waals surface area contributed by atoms with Crippen molar-refractivity contribution >= 4 is 5.84 Å². The summed E-state index contributed by atoms with van der Waals surface area (Å²) in [5.74, 6) is 0.891. The quantitative estimate of drug-likeness (QED) is 0.828. The molecular weight excluding hydrogens is 267 g/mol. The van der Waals surface area contributed by atoms with Gasteiger partial charge in [0.2, 0.25) is 0 Å². The van der Waals surface area contributed by atoms with Crippen LogP contribution >= 0.6 is 0 Å². The summed E-state index contributed by atoms with van der Waals surface area (Å²) in [5.41, 5.74) is 1.10. The van der Waals surface area contributed by atoms with E-state index in [0.717, 1.165) is 44.1 Å². The smallest absolute Gasteiger partial charge is 0.127 e. The van der Waals surface area contributed by atoms with Gasteiger partial charge in [0.25, 0.3) is 0 Å². The zero-order valence-corrected chi connectivity index (χ0v) is 12.4. The molecule has 0 aromatic heterocycles. The average molecular weight is 288 g/mol. The molecule has 0 atom stereocenters. The number of rotatable bonds is 2. The summed E-state index contributed by atoms with van der Waals surface area (Å²) < 4.78 is 12.9. The van der Waals surface area contributed by atoms with Crippen molar-refractivity contribution in [3.05, 3.63) is 47.9 Å². The van der Waals surface area contributed by atoms with E-state index >= 15 is 0 Å². The van der Waals surface area contributed by atoms with Crippen molar-refractivity contribution in [3.8, 4) is 0 Å². The summed E-state index contributed by atoms with van der Waals surface area (Å²) in [6.07, 6.45) is 4.17. The Morgan fingerprint density at radius 2 is 1.81 bits per heavy atom. The number of amidine groups is 1. The van der Waals surface area contributed by atoms with Gasteiger partial charge in [-0.05, 0) is 30.8 Å². The van der Waals surface area contributed by atoms with E-state index in [1.807, 2.05) is 12.1 Å². The first-order valence-corrected chi connectivity index (χ1v) is 7.35. The van der Waals surface area contributed by atoms with Gasteiger partial charge in [0.15, 0.2) is 0 Å². The fraction of sp³-hybridized carbons (Fsp3) is 0.438. The first kappa shape index (κ1) is 14.1. The third kappa shape index (κ3) is 3.61. The summed E-state index contributed by atoms with van der Waals surface area (Å²) in [7, 11) is 2.15. The van der Waals surface area contributed by atoms with Crippen LogP contribution in [0.25, 0.3) is 0 Å². The van der Waals surface area contributed by atoms with Gasteiger partial charge in [-0.1, -0.05) is 12.1 Å². The van der Waals surface area contributed by atoms with E-state index in [2.05, 4.69) is 39.0 Å². The highest BCUT2D eigenvalue weighted by Crippen LogP contribution is 2.11. The van der Waals surface area contributed by atoms with E-state index in [1.54, 1.807) is 0 Å². The van der Waals surface area contributed by atoms with Crippen molar-refractivity contribution in [2.45, 2.75) is 6.54 Å². The molecule has 21 heavy (non-hydrogen) atoms. The number of hydrogen-bond donors (Lipinski definition) is 0. The van der Waals surface area contributed by atoms with Gasteiger partial charge >= 0.3 is 0 Å². The number of halogens is 1. The van der Waals surface area contributed by atoms with Gasteiger partial charge < -0.3 is 14.7 Å². The van der Waals surface area contributed by atoms with E-state index in [-0.39, 0.29) is 5.82 Å². The number of nitrogens with zero attached hydrogens (tertiary/aromatic N) is 4. The van der Waals surface area contributed by atoms with Crippen molar-refractivity contribution in [1.29, 1.82) is 0 Å².